The van der Waals surface area contributed by atoms with E-state index in [1.807, 2.05) is 0 Å². The molecular formula is C19H25FN4O2. The molecule has 0 radical (unpaired) electrons. The van der Waals surface area contributed by atoms with Crippen LogP contribution in [-0.4, -0.2) is 31.1 Å². The SMILES string of the molecule is C/C=C(/F)C/C=C\CC(=N)c1cc(C(=O)NCCC(=O)NC)ccc1N. The predicted octanol–water partition coefficient (Wildman–Crippen LogP) is 2.71. The largest absolute Gasteiger partial charge is 0.398 e. The fourth-order valence-electron chi connectivity index (χ4n) is 2.10. The lowest BCUT2D eigenvalue weighted by Crippen LogP contribution is -2.29. The van der Waals surface area contributed by atoms with Crippen molar-refractivity contribution in [2.24, 2.45) is 0 Å². The molecule has 26 heavy (non-hydrogen) atoms. The van der Waals surface area contributed by atoms with Crippen LogP contribution in [0.3, 0.4) is 0 Å². The number of amides is 2. The number of hydrogen-bond acceptors (Lipinski definition) is 4. The lowest BCUT2D eigenvalue weighted by molar-refractivity contribution is -0.120. The van der Waals surface area contributed by atoms with Gasteiger partial charge in [0.25, 0.3) is 5.91 Å². The molecule has 0 aliphatic heterocycles. The Bertz CT molecular complexity index is 726. The number of halogens is 1. The van der Waals surface area contributed by atoms with Gasteiger partial charge in [0.2, 0.25) is 5.91 Å². The van der Waals surface area contributed by atoms with Gasteiger partial charge in [0.05, 0.1) is 5.83 Å². The van der Waals surface area contributed by atoms with E-state index in [1.165, 1.54) is 13.1 Å². The summed E-state index contributed by atoms with van der Waals surface area (Å²) < 4.78 is 13.0. The fourth-order valence-corrected chi connectivity index (χ4v) is 2.10. The van der Waals surface area contributed by atoms with Crippen molar-refractivity contribution < 1.29 is 14.0 Å². The van der Waals surface area contributed by atoms with Gasteiger partial charge in [-0.3, -0.25) is 9.59 Å². The van der Waals surface area contributed by atoms with Gasteiger partial charge in [-0.1, -0.05) is 18.2 Å². The van der Waals surface area contributed by atoms with E-state index < -0.39 is 0 Å². The molecule has 1 aromatic carbocycles. The molecule has 7 heteroatoms. The average molecular weight is 360 g/mol. The molecule has 0 aliphatic rings. The maximum absolute atomic E-state index is 13.0. The van der Waals surface area contributed by atoms with Crippen LogP contribution in [0.4, 0.5) is 10.1 Å². The third kappa shape index (κ3) is 6.88. The zero-order valence-electron chi connectivity index (χ0n) is 15.1. The van der Waals surface area contributed by atoms with Crippen molar-refractivity contribution in [3.8, 4) is 0 Å². The molecule has 5 N–H and O–H groups in total. The Hall–Kier alpha value is -2.96. The maximum atomic E-state index is 13.0. The Morgan fingerprint density at radius 1 is 1.27 bits per heavy atom. The summed E-state index contributed by atoms with van der Waals surface area (Å²) in [7, 11) is 1.53. The van der Waals surface area contributed by atoms with E-state index >= 15 is 0 Å². The highest BCUT2D eigenvalue weighted by molar-refractivity contribution is 6.06. The zero-order chi connectivity index (χ0) is 19.5. The minimum atomic E-state index is -0.339. The summed E-state index contributed by atoms with van der Waals surface area (Å²) in [6.07, 6.45) is 5.39. The Labute approximate surface area is 152 Å². The van der Waals surface area contributed by atoms with Crippen LogP contribution in [0.5, 0.6) is 0 Å². The molecule has 0 aliphatic carbocycles. The van der Waals surface area contributed by atoms with Crippen LogP contribution in [-0.2, 0) is 4.79 Å². The van der Waals surface area contributed by atoms with E-state index in [1.54, 1.807) is 37.3 Å². The Kier molecular flexibility index (Phi) is 8.77. The second kappa shape index (κ2) is 10.8. The highest BCUT2D eigenvalue weighted by atomic mass is 19.1. The number of nitrogen functional groups attached to an aromatic ring is 1. The number of benzene rings is 1. The van der Waals surface area contributed by atoms with Crippen molar-refractivity contribution >= 4 is 23.2 Å². The number of carbonyl (C=O) groups excluding carboxylic acids is 2. The van der Waals surface area contributed by atoms with Gasteiger partial charge in [0.15, 0.2) is 0 Å². The molecule has 0 aromatic heterocycles. The van der Waals surface area contributed by atoms with Crippen molar-refractivity contribution in [2.75, 3.05) is 19.3 Å². The fraction of sp³-hybridized carbons (Fsp3) is 0.316. The molecule has 0 fully saturated rings. The Morgan fingerprint density at radius 2 is 1.96 bits per heavy atom. The number of nitrogens with two attached hydrogens (primary N) is 1. The van der Waals surface area contributed by atoms with Gasteiger partial charge >= 0.3 is 0 Å². The molecule has 1 aromatic rings. The number of rotatable bonds is 9. The standard InChI is InChI=1S/C19H25FN4O2/c1-3-14(20)6-4-5-7-16(21)15-12-13(8-9-17(15)22)19(26)24-11-10-18(25)23-2/h3-5,8-9,12,21H,6-7,10-11,22H2,1-2H3,(H,23,25)(H,24,26)/b5-4-,14-3+,21-16?. The average Bonchev–Trinajstić information content (AvgIpc) is 2.64. The zero-order valence-corrected chi connectivity index (χ0v) is 15.1. The van der Waals surface area contributed by atoms with Gasteiger partial charge in [0, 0.05) is 55.4 Å². The van der Waals surface area contributed by atoms with Crippen LogP contribution in [0.1, 0.15) is 42.1 Å². The van der Waals surface area contributed by atoms with Crippen LogP contribution in [0.15, 0.2) is 42.3 Å². The maximum Gasteiger partial charge on any atom is 0.251 e. The summed E-state index contributed by atoms with van der Waals surface area (Å²) in [5.41, 5.74) is 7.35. The molecule has 0 atom stereocenters. The summed E-state index contributed by atoms with van der Waals surface area (Å²) in [6.45, 7) is 1.84. The lowest BCUT2D eigenvalue weighted by Gasteiger charge is -2.10. The molecule has 0 saturated carbocycles. The van der Waals surface area contributed by atoms with Crippen molar-refractivity contribution in [1.29, 1.82) is 5.41 Å². The third-order valence-corrected chi connectivity index (χ3v) is 3.67. The van der Waals surface area contributed by atoms with Crippen molar-refractivity contribution in [3.63, 3.8) is 0 Å². The van der Waals surface area contributed by atoms with Gasteiger partial charge in [-0.05, 0) is 25.1 Å². The second-order valence-electron chi connectivity index (χ2n) is 5.57. The first-order valence-corrected chi connectivity index (χ1v) is 8.30. The quantitative estimate of drug-likeness (QED) is 0.309. The molecule has 2 amide bonds. The normalized spacial score (nSPS) is 11.4. The molecule has 140 valence electrons. The number of nitrogens with one attached hydrogen (secondary N) is 3. The van der Waals surface area contributed by atoms with Crippen LogP contribution in [0, 0.1) is 5.41 Å². The van der Waals surface area contributed by atoms with Gasteiger partial charge in [-0.15, -0.1) is 0 Å². The molecule has 0 unspecified atom stereocenters. The molecule has 0 heterocycles. The summed E-state index contributed by atoms with van der Waals surface area (Å²) in [6, 6.07) is 4.69. The van der Waals surface area contributed by atoms with Gasteiger partial charge < -0.3 is 21.8 Å². The first-order valence-electron chi connectivity index (χ1n) is 8.30. The van der Waals surface area contributed by atoms with Crippen molar-refractivity contribution in [3.05, 3.63) is 53.4 Å². The first kappa shape index (κ1) is 21.1. The first-order chi connectivity index (χ1) is 12.4. The molecular weight excluding hydrogens is 335 g/mol. The van der Waals surface area contributed by atoms with E-state index in [2.05, 4.69) is 10.6 Å². The van der Waals surface area contributed by atoms with E-state index in [9.17, 15) is 14.0 Å². The molecule has 0 saturated heterocycles. The van der Waals surface area contributed by atoms with Crippen LogP contribution < -0.4 is 16.4 Å². The minimum absolute atomic E-state index is 0.161. The highest BCUT2D eigenvalue weighted by Crippen LogP contribution is 2.17. The smallest absolute Gasteiger partial charge is 0.251 e. The number of carbonyl (C=O) groups is 2. The van der Waals surface area contributed by atoms with E-state index in [4.69, 9.17) is 11.1 Å². The van der Waals surface area contributed by atoms with Crippen LogP contribution >= 0.6 is 0 Å². The monoisotopic (exact) mass is 360 g/mol. The minimum Gasteiger partial charge on any atom is -0.398 e. The molecule has 0 spiro atoms. The molecule has 1 rings (SSSR count). The molecule has 6 nitrogen and oxygen atoms in total. The van der Waals surface area contributed by atoms with Gasteiger partial charge in [0.1, 0.15) is 0 Å². The van der Waals surface area contributed by atoms with Crippen molar-refractivity contribution in [1.82, 2.24) is 10.6 Å². The van der Waals surface area contributed by atoms with E-state index in [0.717, 1.165) is 0 Å². The Balaban J connectivity index is 2.72. The second-order valence-corrected chi connectivity index (χ2v) is 5.57. The summed E-state index contributed by atoms with van der Waals surface area (Å²) in [5.74, 6) is -0.734. The number of anilines is 1. The van der Waals surface area contributed by atoms with Gasteiger partial charge in [-0.25, -0.2) is 4.39 Å². The number of allylic oxidation sites excluding steroid dienone is 4. The van der Waals surface area contributed by atoms with Crippen LogP contribution in [0.2, 0.25) is 0 Å². The molecule has 0 bridgehead atoms. The van der Waals surface area contributed by atoms with Gasteiger partial charge in [-0.2, -0.15) is 0 Å². The summed E-state index contributed by atoms with van der Waals surface area (Å²) in [4.78, 5) is 23.3. The highest BCUT2D eigenvalue weighted by Gasteiger charge is 2.11. The topological polar surface area (TPSA) is 108 Å². The third-order valence-electron chi connectivity index (χ3n) is 3.67. The van der Waals surface area contributed by atoms with E-state index in [0.29, 0.717) is 16.8 Å². The van der Waals surface area contributed by atoms with Crippen molar-refractivity contribution in [2.45, 2.75) is 26.2 Å². The summed E-state index contributed by atoms with van der Waals surface area (Å²) >= 11 is 0. The Morgan fingerprint density at radius 3 is 2.62 bits per heavy atom. The number of hydrogen-bond donors (Lipinski definition) is 4. The van der Waals surface area contributed by atoms with Crippen LogP contribution in [0.25, 0.3) is 0 Å². The lowest BCUT2D eigenvalue weighted by atomic mass is 10.0. The predicted molar refractivity (Wildman–Crippen MR) is 102 cm³/mol. The summed E-state index contributed by atoms with van der Waals surface area (Å²) in [5, 5.41) is 13.3. The van der Waals surface area contributed by atoms with E-state index in [-0.39, 0.29) is 49.2 Å².